The van der Waals surface area contributed by atoms with Crippen molar-refractivity contribution in [2.45, 2.75) is 39.7 Å². The molecule has 0 aliphatic heterocycles. The highest BCUT2D eigenvalue weighted by molar-refractivity contribution is 5.85. The lowest BCUT2D eigenvalue weighted by Crippen LogP contribution is -2.31. The van der Waals surface area contributed by atoms with Crippen molar-refractivity contribution < 1.29 is 9.90 Å². The van der Waals surface area contributed by atoms with Crippen molar-refractivity contribution in [1.82, 2.24) is 0 Å². The van der Waals surface area contributed by atoms with E-state index in [1.165, 1.54) is 0 Å². The van der Waals surface area contributed by atoms with E-state index in [1.807, 2.05) is 6.92 Å². The molecule has 0 aromatic rings. The number of allylic oxidation sites excluding steroid dienone is 1. The lowest BCUT2D eigenvalue weighted by Gasteiger charge is -2.11. The molecule has 0 radical (unpaired) electrons. The predicted octanol–water partition coefficient (Wildman–Crippen LogP) is 1.74. The van der Waals surface area contributed by atoms with Crippen molar-refractivity contribution >= 4 is 36.6 Å². The van der Waals surface area contributed by atoms with Crippen LogP contribution in [0.4, 0.5) is 0 Å². The van der Waals surface area contributed by atoms with Crippen LogP contribution in [0.1, 0.15) is 33.6 Å². The number of amidine groups is 1. The van der Waals surface area contributed by atoms with Crippen molar-refractivity contribution in [3.63, 3.8) is 0 Å². The summed E-state index contributed by atoms with van der Waals surface area (Å²) in [7, 11) is 0. The number of carboxylic acid groups (broad SMARTS) is 1. The topological polar surface area (TPSA) is 102 Å². The zero-order chi connectivity index (χ0) is 12.7. The van der Waals surface area contributed by atoms with Crippen LogP contribution in [0.25, 0.3) is 0 Å². The quantitative estimate of drug-likeness (QED) is 0.301. The van der Waals surface area contributed by atoms with Crippen molar-refractivity contribution in [2.75, 3.05) is 6.54 Å². The summed E-state index contributed by atoms with van der Waals surface area (Å²) in [6.07, 6.45) is 1.65. The SMILES string of the molecule is CC(N)=NCCC/C(C)=C(/C)C(N)C(=O)O.Cl.Cl. The summed E-state index contributed by atoms with van der Waals surface area (Å²) in [6.45, 7) is 6.06. The maximum atomic E-state index is 10.7. The van der Waals surface area contributed by atoms with E-state index in [1.54, 1.807) is 13.8 Å². The molecular weight excluding hydrogens is 277 g/mol. The van der Waals surface area contributed by atoms with E-state index in [2.05, 4.69) is 4.99 Å². The Bertz CT molecular complexity index is 313. The predicted molar refractivity (Wildman–Crippen MR) is 79.9 cm³/mol. The molecule has 0 saturated heterocycles. The first-order chi connectivity index (χ1) is 7.36. The number of aliphatic carboxylic acids is 1. The third-order valence-corrected chi connectivity index (χ3v) is 2.48. The number of carbonyl (C=O) groups is 1. The molecule has 0 fully saturated rings. The van der Waals surface area contributed by atoms with Gasteiger partial charge < -0.3 is 16.6 Å². The lowest BCUT2D eigenvalue weighted by atomic mass is 10.0. The minimum absolute atomic E-state index is 0. The molecular formula is C11H23Cl2N3O2. The van der Waals surface area contributed by atoms with Crippen LogP contribution in [-0.4, -0.2) is 29.5 Å². The van der Waals surface area contributed by atoms with Gasteiger partial charge in [0.2, 0.25) is 0 Å². The van der Waals surface area contributed by atoms with Crippen LogP contribution in [0, 0.1) is 0 Å². The highest BCUT2D eigenvalue weighted by atomic mass is 35.5. The zero-order valence-corrected chi connectivity index (χ0v) is 12.6. The van der Waals surface area contributed by atoms with Crippen LogP contribution >= 0.6 is 24.8 Å². The van der Waals surface area contributed by atoms with Crippen LogP contribution in [-0.2, 0) is 4.79 Å². The molecule has 1 unspecified atom stereocenters. The Labute approximate surface area is 121 Å². The largest absolute Gasteiger partial charge is 0.480 e. The summed E-state index contributed by atoms with van der Waals surface area (Å²) in [5.74, 6) is -0.423. The van der Waals surface area contributed by atoms with E-state index < -0.39 is 12.0 Å². The van der Waals surface area contributed by atoms with Crippen molar-refractivity contribution in [3.05, 3.63) is 11.1 Å². The van der Waals surface area contributed by atoms with Crippen molar-refractivity contribution in [3.8, 4) is 0 Å². The fraction of sp³-hybridized carbons (Fsp3) is 0.636. The van der Waals surface area contributed by atoms with Gasteiger partial charge in [-0.25, -0.2) is 0 Å². The molecule has 0 saturated carbocycles. The van der Waals surface area contributed by atoms with Gasteiger partial charge in [-0.15, -0.1) is 24.8 Å². The number of carboxylic acids is 1. The van der Waals surface area contributed by atoms with E-state index in [4.69, 9.17) is 16.6 Å². The Kier molecular flexibility index (Phi) is 14.1. The molecule has 108 valence electrons. The van der Waals surface area contributed by atoms with E-state index in [-0.39, 0.29) is 24.8 Å². The molecule has 1 atom stereocenters. The van der Waals surface area contributed by atoms with E-state index >= 15 is 0 Å². The molecule has 0 heterocycles. The molecule has 0 aromatic heterocycles. The summed E-state index contributed by atoms with van der Waals surface area (Å²) < 4.78 is 0. The molecule has 0 spiro atoms. The first-order valence-corrected chi connectivity index (χ1v) is 5.27. The monoisotopic (exact) mass is 299 g/mol. The van der Waals surface area contributed by atoms with Gasteiger partial charge in [0, 0.05) is 6.54 Å². The minimum atomic E-state index is -0.993. The van der Waals surface area contributed by atoms with Gasteiger partial charge in [-0.2, -0.15) is 0 Å². The average Bonchev–Trinajstić information content (AvgIpc) is 2.21. The Hall–Kier alpha value is -0.780. The maximum absolute atomic E-state index is 10.7. The van der Waals surface area contributed by atoms with E-state index in [9.17, 15) is 4.79 Å². The third kappa shape index (κ3) is 9.27. The number of nitrogens with two attached hydrogens (primary N) is 2. The second-order valence-electron chi connectivity index (χ2n) is 3.91. The fourth-order valence-corrected chi connectivity index (χ4v) is 1.25. The van der Waals surface area contributed by atoms with Crippen LogP contribution in [0.15, 0.2) is 16.1 Å². The third-order valence-electron chi connectivity index (χ3n) is 2.48. The number of hydrogen-bond donors (Lipinski definition) is 3. The molecule has 0 bridgehead atoms. The standard InChI is InChI=1S/C11H21N3O2.2ClH/c1-7(5-4-6-14-9(3)12)8(2)10(13)11(15)16;;/h10H,4-6,13H2,1-3H3,(H2,12,14)(H,15,16);2*1H/b8-7-;;. The summed E-state index contributed by atoms with van der Waals surface area (Å²) in [4.78, 5) is 14.7. The second kappa shape index (κ2) is 11.3. The molecule has 0 aliphatic rings. The minimum Gasteiger partial charge on any atom is -0.480 e. The van der Waals surface area contributed by atoms with Crippen molar-refractivity contribution in [2.24, 2.45) is 16.5 Å². The van der Waals surface area contributed by atoms with Gasteiger partial charge in [0.25, 0.3) is 0 Å². The summed E-state index contributed by atoms with van der Waals surface area (Å²) in [5, 5.41) is 8.75. The smallest absolute Gasteiger partial charge is 0.324 e. The van der Waals surface area contributed by atoms with Gasteiger partial charge in [-0.3, -0.25) is 9.79 Å². The molecule has 0 amide bonds. The molecule has 0 rings (SSSR count). The molecule has 5 nitrogen and oxygen atoms in total. The van der Waals surface area contributed by atoms with Crippen LogP contribution < -0.4 is 11.5 Å². The number of hydrogen-bond acceptors (Lipinski definition) is 3. The van der Waals surface area contributed by atoms with Gasteiger partial charge in [0.1, 0.15) is 6.04 Å². The number of nitrogens with zero attached hydrogens (tertiary/aromatic N) is 1. The molecule has 5 N–H and O–H groups in total. The number of halogens is 2. The second-order valence-corrected chi connectivity index (χ2v) is 3.91. The van der Waals surface area contributed by atoms with E-state index in [0.717, 1.165) is 24.0 Å². The molecule has 0 aromatic carbocycles. The Morgan fingerprint density at radius 1 is 1.28 bits per heavy atom. The van der Waals surface area contributed by atoms with Gasteiger partial charge in [0.05, 0.1) is 5.84 Å². The zero-order valence-electron chi connectivity index (χ0n) is 11.0. The Balaban J connectivity index is -0.00000112. The first kappa shape index (κ1) is 22.4. The van der Waals surface area contributed by atoms with E-state index in [0.29, 0.717) is 12.4 Å². The highest BCUT2D eigenvalue weighted by Gasteiger charge is 2.14. The first-order valence-electron chi connectivity index (χ1n) is 5.27. The number of aliphatic imine (C=N–C) groups is 1. The lowest BCUT2D eigenvalue weighted by molar-refractivity contribution is -0.137. The summed E-state index contributed by atoms with van der Waals surface area (Å²) in [6, 6.07) is -0.903. The average molecular weight is 300 g/mol. The Morgan fingerprint density at radius 3 is 2.17 bits per heavy atom. The molecule has 18 heavy (non-hydrogen) atoms. The Morgan fingerprint density at radius 2 is 1.78 bits per heavy atom. The van der Waals surface area contributed by atoms with Gasteiger partial charge in [-0.05, 0) is 39.2 Å². The van der Waals surface area contributed by atoms with Crippen molar-refractivity contribution in [1.29, 1.82) is 0 Å². The van der Waals surface area contributed by atoms with Gasteiger partial charge in [0.15, 0.2) is 0 Å². The fourth-order valence-electron chi connectivity index (χ4n) is 1.25. The number of rotatable bonds is 6. The molecule has 7 heteroatoms. The highest BCUT2D eigenvalue weighted by Crippen LogP contribution is 2.13. The summed E-state index contributed by atoms with van der Waals surface area (Å²) in [5.41, 5.74) is 12.6. The van der Waals surface area contributed by atoms with Crippen LogP contribution in [0.2, 0.25) is 0 Å². The molecule has 0 aliphatic carbocycles. The maximum Gasteiger partial charge on any atom is 0.324 e. The van der Waals surface area contributed by atoms with Crippen LogP contribution in [0.5, 0.6) is 0 Å². The summed E-state index contributed by atoms with van der Waals surface area (Å²) >= 11 is 0. The normalized spacial score (nSPS) is 13.9. The van der Waals surface area contributed by atoms with Gasteiger partial charge in [-0.1, -0.05) is 5.57 Å². The van der Waals surface area contributed by atoms with Gasteiger partial charge >= 0.3 is 5.97 Å². The van der Waals surface area contributed by atoms with Crippen LogP contribution in [0.3, 0.4) is 0 Å².